The van der Waals surface area contributed by atoms with E-state index in [4.69, 9.17) is 15.0 Å². The summed E-state index contributed by atoms with van der Waals surface area (Å²) in [5, 5.41) is 7.48. The summed E-state index contributed by atoms with van der Waals surface area (Å²) in [6.45, 7) is 0. The fourth-order valence-corrected chi connectivity index (χ4v) is 9.21. The van der Waals surface area contributed by atoms with Crippen LogP contribution in [-0.4, -0.2) is 19.5 Å². The molecule has 0 atom stereocenters. The molecule has 11 aromatic rings. The van der Waals surface area contributed by atoms with E-state index >= 15 is 0 Å². The highest BCUT2D eigenvalue weighted by molar-refractivity contribution is 7.27. The molecule has 0 saturated carbocycles. The first kappa shape index (κ1) is 30.7. The van der Waals surface area contributed by atoms with Crippen molar-refractivity contribution in [2.75, 3.05) is 0 Å². The largest absolute Gasteiger partial charge is 0.308 e. The van der Waals surface area contributed by atoms with Crippen LogP contribution in [-0.2, 0) is 0 Å². The van der Waals surface area contributed by atoms with Crippen LogP contribution in [0.2, 0.25) is 0 Å². The molecule has 54 heavy (non-hydrogen) atoms. The average molecular weight is 707 g/mol. The second-order valence-electron chi connectivity index (χ2n) is 13.6. The number of thiophene rings is 1. The van der Waals surface area contributed by atoms with Crippen LogP contribution in [0.15, 0.2) is 182 Å². The zero-order chi connectivity index (χ0) is 35.6. The second kappa shape index (κ2) is 12.3. The standard InChI is InChI=1S/C49H30N4S/c1-4-14-31(15-5-1)32-24-27-36(28-25-32)53-41-29-26-35(49-51-47(33-16-6-2-7-17-33)50-48(52-49)34-18-8-3-9-19-34)30-40(41)43-37-20-10-11-21-38(37)44-39-22-12-13-23-42(39)54-46(44)45(43)53/h1-30H. The number of benzene rings is 8. The van der Waals surface area contributed by atoms with Crippen LogP contribution in [0.25, 0.3) is 104 Å². The van der Waals surface area contributed by atoms with Gasteiger partial charge in [-0.15, -0.1) is 11.3 Å². The molecule has 0 unspecified atom stereocenters. The third-order valence-electron chi connectivity index (χ3n) is 10.4. The number of fused-ring (bicyclic) bond motifs is 10. The molecule has 0 spiro atoms. The Hall–Kier alpha value is -6.95. The van der Waals surface area contributed by atoms with Gasteiger partial charge in [0, 0.05) is 48.6 Å². The van der Waals surface area contributed by atoms with Crippen molar-refractivity contribution in [3.8, 4) is 51.0 Å². The molecule has 11 rings (SSSR count). The fourth-order valence-electron chi connectivity index (χ4n) is 7.96. The van der Waals surface area contributed by atoms with E-state index in [0.717, 1.165) is 33.3 Å². The summed E-state index contributed by atoms with van der Waals surface area (Å²) in [4.78, 5) is 15.2. The minimum atomic E-state index is 0.643. The highest BCUT2D eigenvalue weighted by Gasteiger charge is 2.23. The third kappa shape index (κ3) is 4.86. The van der Waals surface area contributed by atoms with Gasteiger partial charge in [-0.2, -0.15) is 0 Å². The van der Waals surface area contributed by atoms with E-state index in [1.54, 1.807) is 0 Å². The Labute approximate surface area is 315 Å². The summed E-state index contributed by atoms with van der Waals surface area (Å²) in [6.07, 6.45) is 0. The molecule has 0 bridgehead atoms. The van der Waals surface area contributed by atoms with Gasteiger partial charge in [0.2, 0.25) is 0 Å². The molecule has 3 aromatic heterocycles. The molecule has 0 saturated heterocycles. The summed E-state index contributed by atoms with van der Waals surface area (Å²) in [5.41, 5.74) is 8.72. The monoisotopic (exact) mass is 706 g/mol. The van der Waals surface area contributed by atoms with Gasteiger partial charge < -0.3 is 4.57 Å². The van der Waals surface area contributed by atoms with Crippen LogP contribution in [0.3, 0.4) is 0 Å². The van der Waals surface area contributed by atoms with Crippen molar-refractivity contribution in [1.82, 2.24) is 19.5 Å². The predicted molar refractivity (Wildman–Crippen MR) is 226 cm³/mol. The SMILES string of the molecule is c1ccc(-c2ccc(-n3c4ccc(-c5nc(-c6ccccc6)nc(-c6ccccc6)n5)cc4c4c5ccccc5c5c6ccccc6sc5c43)cc2)cc1. The number of hydrogen-bond acceptors (Lipinski definition) is 4. The van der Waals surface area contributed by atoms with Crippen molar-refractivity contribution >= 4 is 64.1 Å². The lowest BCUT2D eigenvalue weighted by Crippen LogP contribution is -2.00. The van der Waals surface area contributed by atoms with Gasteiger partial charge >= 0.3 is 0 Å². The molecule has 0 aliphatic heterocycles. The lowest BCUT2D eigenvalue weighted by molar-refractivity contribution is 1.07. The van der Waals surface area contributed by atoms with E-state index in [-0.39, 0.29) is 0 Å². The topological polar surface area (TPSA) is 43.6 Å². The molecule has 0 aliphatic rings. The van der Waals surface area contributed by atoms with Gasteiger partial charge in [-0.1, -0.05) is 146 Å². The molecule has 8 aromatic carbocycles. The van der Waals surface area contributed by atoms with E-state index in [2.05, 4.69) is 150 Å². The van der Waals surface area contributed by atoms with Gasteiger partial charge in [0.05, 0.1) is 15.7 Å². The Morgan fingerprint density at radius 3 is 1.48 bits per heavy atom. The Balaban J connectivity index is 1.23. The maximum absolute atomic E-state index is 5.10. The van der Waals surface area contributed by atoms with E-state index in [1.807, 2.05) is 47.7 Å². The van der Waals surface area contributed by atoms with Gasteiger partial charge in [-0.3, -0.25) is 0 Å². The zero-order valence-electron chi connectivity index (χ0n) is 29.0. The molecule has 5 heteroatoms. The van der Waals surface area contributed by atoms with Gasteiger partial charge in [0.15, 0.2) is 17.5 Å². The van der Waals surface area contributed by atoms with E-state index in [9.17, 15) is 0 Å². The lowest BCUT2D eigenvalue weighted by atomic mass is 9.98. The highest BCUT2D eigenvalue weighted by Crippen LogP contribution is 2.48. The normalized spacial score (nSPS) is 11.7. The average Bonchev–Trinajstić information content (AvgIpc) is 3.81. The lowest BCUT2D eigenvalue weighted by Gasteiger charge is -2.11. The van der Waals surface area contributed by atoms with Crippen molar-refractivity contribution in [1.29, 1.82) is 0 Å². The molecule has 3 heterocycles. The number of rotatable bonds is 5. The molecule has 0 aliphatic carbocycles. The molecule has 0 fully saturated rings. The first-order valence-electron chi connectivity index (χ1n) is 18.1. The summed E-state index contributed by atoms with van der Waals surface area (Å²) in [7, 11) is 0. The minimum Gasteiger partial charge on any atom is -0.308 e. The first-order valence-corrected chi connectivity index (χ1v) is 18.9. The Morgan fingerprint density at radius 1 is 0.370 bits per heavy atom. The minimum absolute atomic E-state index is 0.643. The highest BCUT2D eigenvalue weighted by atomic mass is 32.1. The molecule has 0 amide bonds. The van der Waals surface area contributed by atoms with Crippen LogP contribution < -0.4 is 0 Å². The van der Waals surface area contributed by atoms with E-state index in [0.29, 0.717) is 17.5 Å². The van der Waals surface area contributed by atoms with Crippen LogP contribution >= 0.6 is 11.3 Å². The predicted octanol–water partition coefficient (Wildman–Crippen LogP) is 13.2. The second-order valence-corrected chi connectivity index (χ2v) is 14.6. The fraction of sp³-hybridized carbons (Fsp3) is 0. The van der Waals surface area contributed by atoms with Crippen molar-refractivity contribution < 1.29 is 0 Å². The van der Waals surface area contributed by atoms with Gasteiger partial charge in [0.25, 0.3) is 0 Å². The Morgan fingerprint density at radius 2 is 0.852 bits per heavy atom. The van der Waals surface area contributed by atoms with Crippen LogP contribution in [0.4, 0.5) is 0 Å². The van der Waals surface area contributed by atoms with E-state index in [1.165, 1.54) is 53.0 Å². The van der Waals surface area contributed by atoms with Crippen molar-refractivity contribution in [3.63, 3.8) is 0 Å². The maximum Gasteiger partial charge on any atom is 0.164 e. The van der Waals surface area contributed by atoms with Crippen molar-refractivity contribution in [3.05, 3.63) is 182 Å². The summed E-state index contributed by atoms with van der Waals surface area (Å²) in [5.74, 6) is 1.95. The quantitative estimate of drug-likeness (QED) is 0.179. The number of hydrogen-bond donors (Lipinski definition) is 0. The molecule has 4 nitrogen and oxygen atoms in total. The third-order valence-corrected chi connectivity index (χ3v) is 11.6. The van der Waals surface area contributed by atoms with Crippen molar-refractivity contribution in [2.45, 2.75) is 0 Å². The molecule has 252 valence electrons. The van der Waals surface area contributed by atoms with Crippen LogP contribution in [0, 0.1) is 0 Å². The first-order chi connectivity index (χ1) is 26.8. The number of aromatic nitrogens is 4. The van der Waals surface area contributed by atoms with Gasteiger partial charge in [-0.05, 0) is 58.3 Å². The van der Waals surface area contributed by atoms with Gasteiger partial charge in [-0.25, -0.2) is 15.0 Å². The molecule has 0 N–H and O–H groups in total. The summed E-state index contributed by atoms with van der Waals surface area (Å²) < 4.78 is 5.03. The van der Waals surface area contributed by atoms with Gasteiger partial charge in [0.1, 0.15) is 0 Å². The smallest absolute Gasteiger partial charge is 0.164 e. The number of nitrogens with zero attached hydrogens (tertiary/aromatic N) is 4. The molecular weight excluding hydrogens is 677 g/mol. The Kier molecular flexibility index (Phi) is 7.00. The summed E-state index contributed by atoms with van der Waals surface area (Å²) in [6, 6.07) is 64.3. The van der Waals surface area contributed by atoms with E-state index < -0.39 is 0 Å². The van der Waals surface area contributed by atoms with Crippen LogP contribution in [0.1, 0.15) is 0 Å². The Bertz CT molecular complexity index is 3130. The van der Waals surface area contributed by atoms with Crippen molar-refractivity contribution in [2.24, 2.45) is 0 Å². The maximum atomic E-state index is 5.10. The zero-order valence-corrected chi connectivity index (χ0v) is 29.8. The molecular formula is C49H30N4S. The molecule has 0 radical (unpaired) electrons. The summed E-state index contributed by atoms with van der Waals surface area (Å²) >= 11 is 1.88. The van der Waals surface area contributed by atoms with Crippen LogP contribution in [0.5, 0.6) is 0 Å².